The predicted molar refractivity (Wildman–Crippen MR) is 47.0 cm³/mol. The summed E-state index contributed by atoms with van der Waals surface area (Å²) in [6.45, 7) is 0. The molecule has 1 aromatic heterocycles. The highest BCUT2D eigenvalue weighted by Crippen LogP contribution is 2.42. The molecule has 2 nitrogen and oxygen atoms in total. The maximum absolute atomic E-state index is 12.2. The minimum atomic E-state index is -5.96. The van der Waals surface area contributed by atoms with E-state index >= 15 is 0 Å². The van der Waals surface area contributed by atoms with Gasteiger partial charge in [0.05, 0.1) is 4.88 Å². The summed E-state index contributed by atoms with van der Waals surface area (Å²) in [6.07, 6.45) is -16.9. The van der Waals surface area contributed by atoms with E-state index in [1.165, 1.54) is 0 Å². The Bertz CT molecular complexity index is 483. The van der Waals surface area contributed by atoms with Gasteiger partial charge in [-0.15, -0.1) is 11.3 Å². The van der Waals surface area contributed by atoms with Crippen molar-refractivity contribution in [2.24, 2.45) is 5.92 Å². The molecule has 0 radical (unpaired) electrons. The molecule has 0 aromatic carbocycles. The first-order valence-corrected chi connectivity index (χ1v) is 5.27. The summed E-state index contributed by atoms with van der Waals surface area (Å²) in [5, 5.41) is -1.70. The summed E-state index contributed by atoms with van der Waals surface area (Å²) < 4.78 is 110. The van der Waals surface area contributed by atoms with E-state index in [4.69, 9.17) is 0 Å². The second kappa shape index (κ2) is 4.90. The topological polar surface area (TPSA) is 30.0 Å². The SMILES string of the molecule is O=C(c1cnc(C(F)(F)F)s1)C(C(F)(F)F)C(F)(F)F. The Morgan fingerprint density at radius 2 is 1.45 bits per heavy atom. The summed E-state index contributed by atoms with van der Waals surface area (Å²) in [6, 6.07) is 0. The van der Waals surface area contributed by atoms with Crippen molar-refractivity contribution in [3.8, 4) is 0 Å². The zero-order chi connectivity index (χ0) is 15.9. The highest BCUT2D eigenvalue weighted by molar-refractivity contribution is 7.13. The molecule has 0 amide bonds. The molecule has 20 heavy (non-hydrogen) atoms. The molecule has 0 atom stereocenters. The largest absolute Gasteiger partial charge is 0.443 e. The number of thiazole rings is 1. The molecule has 1 heterocycles. The molecular weight excluding hydrogens is 329 g/mol. The highest BCUT2D eigenvalue weighted by Gasteiger charge is 2.61. The molecule has 0 aliphatic heterocycles. The molecule has 114 valence electrons. The van der Waals surface area contributed by atoms with Gasteiger partial charge in [0.2, 0.25) is 5.92 Å². The lowest BCUT2D eigenvalue weighted by molar-refractivity contribution is -0.264. The van der Waals surface area contributed by atoms with Crippen molar-refractivity contribution in [3.63, 3.8) is 0 Å². The monoisotopic (exact) mass is 331 g/mol. The lowest BCUT2D eigenvalue weighted by Crippen LogP contribution is -2.42. The normalized spacial score (nSPS) is 13.9. The van der Waals surface area contributed by atoms with Crippen molar-refractivity contribution in [1.29, 1.82) is 0 Å². The van der Waals surface area contributed by atoms with Gasteiger partial charge >= 0.3 is 18.5 Å². The Balaban J connectivity index is 3.18. The predicted octanol–water partition coefficient (Wildman–Crippen LogP) is 4.09. The Hall–Kier alpha value is -1.33. The molecule has 0 aliphatic rings. The summed E-state index contributed by atoms with van der Waals surface area (Å²) in [5.74, 6) is -6.89. The van der Waals surface area contributed by atoms with E-state index in [1.54, 1.807) is 0 Å². The van der Waals surface area contributed by atoms with Crippen LogP contribution in [0.15, 0.2) is 6.20 Å². The number of halogens is 9. The summed E-state index contributed by atoms with van der Waals surface area (Å²) in [7, 11) is 0. The molecule has 0 bridgehead atoms. The van der Waals surface area contributed by atoms with Crippen LogP contribution < -0.4 is 0 Å². The third kappa shape index (κ3) is 3.61. The van der Waals surface area contributed by atoms with Crippen LogP contribution in [0.1, 0.15) is 14.7 Å². The van der Waals surface area contributed by atoms with Gasteiger partial charge in [0.15, 0.2) is 10.8 Å². The van der Waals surface area contributed by atoms with E-state index in [9.17, 15) is 44.3 Å². The minimum absolute atomic E-state index is 0.0420. The maximum Gasteiger partial charge on any atom is 0.443 e. The number of Topliss-reactive ketones (excluding diaryl/α,β-unsaturated/α-hetero) is 1. The van der Waals surface area contributed by atoms with E-state index < -0.39 is 51.5 Å². The zero-order valence-corrected chi connectivity index (χ0v) is 9.64. The molecule has 1 aromatic rings. The van der Waals surface area contributed by atoms with Gasteiger partial charge in [-0.3, -0.25) is 4.79 Å². The number of nitrogens with zero attached hydrogens (tertiary/aromatic N) is 1. The molecule has 0 unspecified atom stereocenters. The van der Waals surface area contributed by atoms with Gasteiger partial charge in [-0.1, -0.05) is 0 Å². The average molecular weight is 331 g/mol. The lowest BCUT2D eigenvalue weighted by Gasteiger charge is -2.20. The molecule has 0 N–H and O–H groups in total. The molecule has 0 saturated heterocycles. The van der Waals surface area contributed by atoms with Gasteiger partial charge in [-0.2, -0.15) is 39.5 Å². The third-order valence-corrected chi connectivity index (χ3v) is 2.96. The van der Waals surface area contributed by atoms with Crippen LogP contribution >= 0.6 is 11.3 Å². The van der Waals surface area contributed by atoms with Crippen molar-refractivity contribution < 1.29 is 44.3 Å². The Labute approximate surface area is 108 Å². The fourth-order valence-electron chi connectivity index (χ4n) is 1.14. The molecular formula is C8H2F9NOS. The number of aromatic nitrogens is 1. The minimum Gasteiger partial charge on any atom is -0.292 e. The number of carbonyl (C=O) groups excluding carboxylic acids is 1. The van der Waals surface area contributed by atoms with Crippen LogP contribution in [0.4, 0.5) is 39.5 Å². The van der Waals surface area contributed by atoms with Gasteiger partial charge in [0, 0.05) is 6.20 Å². The molecule has 1 rings (SSSR count). The number of hydrogen-bond acceptors (Lipinski definition) is 3. The highest BCUT2D eigenvalue weighted by atomic mass is 32.1. The first-order valence-electron chi connectivity index (χ1n) is 4.45. The molecule has 0 spiro atoms. The second-order valence-electron chi connectivity index (χ2n) is 3.41. The number of carbonyl (C=O) groups is 1. The molecule has 0 aliphatic carbocycles. The van der Waals surface area contributed by atoms with Crippen molar-refractivity contribution in [3.05, 3.63) is 16.1 Å². The average Bonchev–Trinajstić information content (AvgIpc) is 2.59. The Kier molecular flexibility index (Phi) is 4.09. The number of alkyl halides is 9. The summed E-state index contributed by atoms with van der Waals surface area (Å²) >= 11 is -0.577. The lowest BCUT2D eigenvalue weighted by atomic mass is 10.0. The van der Waals surface area contributed by atoms with Crippen LogP contribution in [-0.4, -0.2) is 23.1 Å². The quantitative estimate of drug-likeness (QED) is 0.604. The van der Waals surface area contributed by atoms with Crippen molar-refractivity contribution >= 4 is 17.1 Å². The smallest absolute Gasteiger partial charge is 0.292 e. The number of rotatable bonds is 2. The Morgan fingerprint density at radius 1 is 1.00 bits per heavy atom. The van der Waals surface area contributed by atoms with Gasteiger partial charge in [0.25, 0.3) is 0 Å². The van der Waals surface area contributed by atoms with Gasteiger partial charge in [0.1, 0.15) is 0 Å². The molecule has 0 saturated carbocycles. The van der Waals surface area contributed by atoms with Crippen LogP contribution in [0.3, 0.4) is 0 Å². The van der Waals surface area contributed by atoms with Crippen LogP contribution in [0, 0.1) is 5.92 Å². The maximum atomic E-state index is 12.2. The van der Waals surface area contributed by atoms with Gasteiger partial charge in [-0.25, -0.2) is 4.98 Å². The number of ketones is 1. The zero-order valence-electron chi connectivity index (χ0n) is 8.82. The summed E-state index contributed by atoms with van der Waals surface area (Å²) in [5.41, 5.74) is 0. The third-order valence-electron chi connectivity index (χ3n) is 1.91. The van der Waals surface area contributed by atoms with E-state index in [0.717, 1.165) is 0 Å². The van der Waals surface area contributed by atoms with Gasteiger partial charge in [-0.05, 0) is 0 Å². The van der Waals surface area contributed by atoms with Gasteiger partial charge < -0.3 is 0 Å². The van der Waals surface area contributed by atoms with E-state index in [2.05, 4.69) is 4.98 Å². The van der Waals surface area contributed by atoms with E-state index in [1.807, 2.05) is 0 Å². The van der Waals surface area contributed by atoms with Crippen LogP contribution in [0.5, 0.6) is 0 Å². The Morgan fingerprint density at radius 3 is 1.75 bits per heavy atom. The van der Waals surface area contributed by atoms with E-state index in [0.29, 0.717) is 0 Å². The second-order valence-corrected chi connectivity index (χ2v) is 4.44. The standard InChI is InChI=1S/C8H2F9NOS/c9-6(10,11)4(7(12,13)14)3(19)2-1-18-5(20-2)8(15,16)17/h1,4H. The number of hydrogen-bond donors (Lipinski definition) is 0. The van der Waals surface area contributed by atoms with Crippen LogP contribution in [0.2, 0.25) is 0 Å². The molecule has 12 heteroatoms. The van der Waals surface area contributed by atoms with Crippen LogP contribution in [0.25, 0.3) is 0 Å². The van der Waals surface area contributed by atoms with Crippen LogP contribution in [-0.2, 0) is 6.18 Å². The first kappa shape index (κ1) is 16.7. The summed E-state index contributed by atoms with van der Waals surface area (Å²) in [4.78, 5) is 12.4. The fourth-order valence-corrected chi connectivity index (χ4v) is 1.90. The van der Waals surface area contributed by atoms with Crippen molar-refractivity contribution in [2.75, 3.05) is 0 Å². The first-order chi connectivity index (χ1) is 8.74. The fraction of sp³-hybridized carbons (Fsp3) is 0.500. The van der Waals surface area contributed by atoms with Crippen molar-refractivity contribution in [2.45, 2.75) is 18.5 Å². The van der Waals surface area contributed by atoms with Crippen molar-refractivity contribution in [1.82, 2.24) is 4.98 Å². The molecule has 0 fully saturated rings. The van der Waals surface area contributed by atoms with E-state index in [-0.39, 0.29) is 6.20 Å².